The molecule has 0 spiro atoms. The molecule has 1 aliphatic rings. The summed E-state index contributed by atoms with van der Waals surface area (Å²) in [6.45, 7) is 7.11. The van der Waals surface area contributed by atoms with E-state index in [2.05, 4.69) is 20.8 Å². The van der Waals surface area contributed by atoms with Crippen LogP contribution in [0.1, 0.15) is 43.4 Å². The first-order chi connectivity index (χ1) is 10.3. The molecule has 2 rings (SSSR count). The lowest BCUT2D eigenvalue weighted by molar-refractivity contribution is 0.135. The first-order valence-electron chi connectivity index (χ1n) is 7.34. The van der Waals surface area contributed by atoms with Crippen LogP contribution in [0.25, 0.3) is 0 Å². The first kappa shape index (κ1) is 16.3. The van der Waals surface area contributed by atoms with E-state index in [1.54, 1.807) is 6.07 Å². The van der Waals surface area contributed by atoms with Crippen molar-refractivity contribution in [1.29, 1.82) is 5.41 Å². The van der Waals surface area contributed by atoms with Crippen molar-refractivity contribution in [3.8, 4) is 0 Å². The molecule has 1 aromatic carbocycles. The highest BCUT2D eigenvalue weighted by atomic mass is 16.5. The van der Waals surface area contributed by atoms with Gasteiger partial charge in [0, 0.05) is 24.6 Å². The Kier molecular flexibility index (Phi) is 4.42. The standard InChI is InChI=1S/C16H23N3O3/c1-16(2,3)13-9-19(15(20)21)8-7-10-11(13)5-4-6-12(10)14(17)18-22/h4-6,13,22H,7-9H2,1-3H3,(H2,17,18)(H,20,21). The van der Waals surface area contributed by atoms with Gasteiger partial charge in [-0.1, -0.05) is 39.0 Å². The van der Waals surface area contributed by atoms with E-state index in [0.717, 1.165) is 11.1 Å². The number of rotatable bonds is 1. The highest BCUT2D eigenvalue weighted by molar-refractivity contribution is 5.97. The molecule has 0 fully saturated rings. The second-order valence-corrected chi connectivity index (χ2v) is 6.76. The van der Waals surface area contributed by atoms with Crippen LogP contribution in [-0.2, 0) is 6.42 Å². The van der Waals surface area contributed by atoms with Crippen LogP contribution in [0.2, 0.25) is 0 Å². The third-order valence-electron chi connectivity index (χ3n) is 4.32. The van der Waals surface area contributed by atoms with Gasteiger partial charge in [0.15, 0.2) is 0 Å². The number of hydrogen-bond acceptors (Lipinski definition) is 3. The zero-order valence-electron chi connectivity index (χ0n) is 13.2. The zero-order valence-corrected chi connectivity index (χ0v) is 13.2. The van der Waals surface area contributed by atoms with Crippen molar-refractivity contribution in [1.82, 2.24) is 10.4 Å². The van der Waals surface area contributed by atoms with E-state index >= 15 is 0 Å². The molecule has 1 aliphatic heterocycles. The lowest BCUT2D eigenvalue weighted by Gasteiger charge is -2.33. The molecule has 4 N–H and O–H groups in total. The maximum absolute atomic E-state index is 11.4. The summed E-state index contributed by atoms with van der Waals surface area (Å²) in [5, 5.41) is 26.3. The molecule has 0 aliphatic carbocycles. The summed E-state index contributed by atoms with van der Waals surface area (Å²) in [4.78, 5) is 12.9. The van der Waals surface area contributed by atoms with Crippen molar-refractivity contribution in [2.45, 2.75) is 33.1 Å². The van der Waals surface area contributed by atoms with Gasteiger partial charge < -0.3 is 10.0 Å². The number of nitrogens with zero attached hydrogens (tertiary/aromatic N) is 1. The van der Waals surface area contributed by atoms with Gasteiger partial charge in [-0.25, -0.2) is 4.79 Å². The number of amidine groups is 1. The summed E-state index contributed by atoms with van der Waals surface area (Å²) in [6.07, 6.45) is -0.381. The molecule has 1 amide bonds. The maximum Gasteiger partial charge on any atom is 0.407 e. The summed E-state index contributed by atoms with van der Waals surface area (Å²) in [6, 6.07) is 5.64. The highest BCUT2D eigenvalue weighted by Crippen LogP contribution is 2.40. The normalized spacial score (nSPS) is 18.4. The summed E-state index contributed by atoms with van der Waals surface area (Å²) in [7, 11) is 0. The van der Waals surface area contributed by atoms with E-state index in [1.807, 2.05) is 17.6 Å². The third-order valence-corrected chi connectivity index (χ3v) is 4.32. The molecule has 0 saturated carbocycles. The van der Waals surface area contributed by atoms with Gasteiger partial charge in [-0.15, -0.1) is 0 Å². The Morgan fingerprint density at radius 1 is 1.41 bits per heavy atom. The largest absolute Gasteiger partial charge is 0.465 e. The Morgan fingerprint density at radius 3 is 2.64 bits per heavy atom. The number of hydrogen-bond donors (Lipinski definition) is 4. The van der Waals surface area contributed by atoms with Crippen molar-refractivity contribution in [2.24, 2.45) is 5.41 Å². The van der Waals surface area contributed by atoms with Crippen LogP contribution in [0, 0.1) is 10.8 Å². The van der Waals surface area contributed by atoms with Crippen molar-refractivity contribution in [3.05, 3.63) is 34.9 Å². The van der Waals surface area contributed by atoms with Crippen LogP contribution in [0.4, 0.5) is 4.79 Å². The van der Waals surface area contributed by atoms with Crippen LogP contribution in [0.5, 0.6) is 0 Å². The molecule has 1 unspecified atom stereocenters. The number of benzene rings is 1. The number of amides is 1. The molecule has 22 heavy (non-hydrogen) atoms. The molecule has 120 valence electrons. The zero-order chi connectivity index (χ0) is 16.5. The predicted molar refractivity (Wildman–Crippen MR) is 83.7 cm³/mol. The van der Waals surface area contributed by atoms with Gasteiger partial charge in [0.05, 0.1) is 0 Å². The molecule has 0 bridgehead atoms. The quantitative estimate of drug-likeness (QED) is 0.364. The molecule has 0 aromatic heterocycles. The SMILES string of the molecule is CC(C)(C)C1CN(C(=O)O)CCc2c(C(=N)NO)cccc21. The van der Waals surface area contributed by atoms with Gasteiger partial charge in [0.1, 0.15) is 5.84 Å². The summed E-state index contributed by atoms with van der Waals surface area (Å²) < 4.78 is 0. The van der Waals surface area contributed by atoms with Crippen molar-refractivity contribution in [3.63, 3.8) is 0 Å². The summed E-state index contributed by atoms with van der Waals surface area (Å²) >= 11 is 0. The van der Waals surface area contributed by atoms with Gasteiger partial charge in [-0.2, -0.15) is 0 Å². The highest BCUT2D eigenvalue weighted by Gasteiger charge is 2.34. The maximum atomic E-state index is 11.4. The molecule has 0 radical (unpaired) electrons. The first-order valence-corrected chi connectivity index (χ1v) is 7.34. The number of nitrogens with one attached hydrogen (secondary N) is 2. The van der Waals surface area contributed by atoms with Gasteiger partial charge in [-0.05, 0) is 23.0 Å². The molecule has 1 atom stereocenters. The average molecular weight is 305 g/mol. The Balaban J connectivity index is 2.56. The lowest BCUT2D eigenvalue weighted by Crippen LogP contribution is -2.36. The minimum absolute atomic E-state index is 0.0348. The second kappa shape index (κ2) is 5.96. The fourth-order valence-electron chi connectivity index (χ4n) is 3.08. The number of fused-ring (bicyclic) bond motifs is 1. The molecule has 0 saturated heterocycles. The van der Waals surface area contributed by atoms with E-state index in [0.29, 0.717) is 25.1 Å². The smallest absolute Gasteiger partial charge is 0.407 e. The van der Waals surface area contributed by atoms with Crippen molar-refractivity contribution in [2.75, 3.05) is 13.1 Å². The van der Waals surface area contributed by atoms with E-state index in [9.17, 15) is 9.90 Å². The Labute approximate surface area is 130 Å². The van der Waals surface area contributed by atoms with E-state index in [-0.39, 0.29) is 17.2 Å². The molecule has 1 heterocycles. The van der Waals surface area contributed by atoms with Crippen LogP contribution in [0.15, 0.2) is 18.2 Å². The summed E-state index contributed by atoms with van der Waals surface area (Å²) in [5.74, 6) is -0.0270. The van der Waals surface area contributed by atoms with Gasteiger partial charge in [0.2, 0.25) is 0 Å². The number of carbonyl (C=O) groups is 1. The fourth-order valence-corrected chi connectivity index (χ4v) is 3.08. The van der Waals surface area contributed by atoms with Crippen LogP contribution >= 0.6 is 0 Å². The fraction of sp³-hybridized carbons (Fsp3) is 0.500. The molecular weight excluding hydrogens is 282 g/mol. The predicted octanol–water partition coefficient (Wildman–Crippen LogP) is 2.66. The molecule has 6 nitrogen and oxygen atoms in total. The van der Waals surface area contributed by atoms with Gasteiger partial charge in [0.25, 0.3) is 0 Å². The Hall–Kier alpha value is -2.08. The Morgan fingerprint density at radius 2 is 2.09 bits per heavy atom. The van der Waals surface area contributed by atoms with Gasteiger partial charge in [-0.3, -0.25) is 16.1 Å². The van der Waals surface area contributed by atoms with Crippen molar-refractivity contribution >= 4 is 11.9 Å². The molecule has 1 aromatic rings. The van der Waals surface area contributed by atoms with Crippen molar-refractivity contribution < 1.29 is 15.1 Å². The molecular formula is C16H23N3O3. The monoisotopic (exact) mass is 305 g/mol. The van der Waals surface area contributed by atoms with E-state index < -0.39 is 6.09 Å². The van der Waals surface area contributed by atoms with Crippen LogP contribution < -0.4 is 5.48 Å². The van der Waals surface area contributed by atoms with Crippen LogP contribution in [0.3, 0.4) is 0 Å². The Bertz CT molecular complexity index is 593. The van der Waals surface area contributed by atoms with Gasteiger partial charge >= 0.3 is 6.09 Å². The minimum atomic E-state index is -0.918. The number of carboxylic acid groups (broad SMARTS) is 1. The van der Waals surface area contributed by atoms with Crippen LogP contribution in [-0.4, -0.2) is 40.2 Å². The topological polar surface area (TPSA) is 96.7 Å². The average Bonchev–Trinajstić information content (AvgIpc) is 2.65. The number of hydroxylamine groups is 1. The summed E-state index contributed by atoms with van der Waals surface area (Å²) in [5.41, 5.74) is 4.41. The lowest BCUT2D eigenvalue weighted by atomic mass is 9.74. The molecule has 6 heteroatoms. The second-order valence-electron chi connectivity index (χ2n) is 6.76. The minimum Gasteiger partial charge on any atom is -0.465 e. The van der Waals surface area contributed by atoms with E-state index in [1.165, 1.54) is 4.90 Å². The third kappa shape index (κ3) is 3.06. The van der Waals surface area contributed by atoms with E-state index in [4.69, 9.17) is 10.6 Å².